The summed E-state index contributed by atoms with van der Waals surface area (Å²) in [6.45, 7) is 1.71. The molecule has 36 heavy (non-hydrogen) atoms. The lowest BCUT2D eigenvalue weighted by Gasteiger charge is -2.33. The number of carbonyl (C=O) groups is 1. The first-order valence-corrected chi connectivity index (χ1v) is 12.4. The average molecular weight is 484 g/mol. The molecule has 0 saturated heterocycles. The Labute approximate surface area is 211 Å². The molecular formula is C31H30FNO3. The molecule has 5 rings (SSSR count). The summed E-state index contributed by atoms with van der Waals surface area (Å²) in [4.78, 5) is 12.1. The summed E-state index contributed by atoms with van der Waals surface area (Å²) >= 11 is 0. The quantitative estimate of drug-likeness (QED) is 0.226. The fourth-order valence-electron chi connectivity index (χ4n) is 5.14. The Hall–Kier alpha value is -3.70. The highest BCUT2D eigenvalue weighted by atomic mass is 19.1. The van der Waals surface area contributed by atoms with Gasteiger partial charge in [0.15, 0.2) is 0 Å². The van der Waals surface area contributed by atoms with Crippen molar-refractivity contribution in [1.82, 2.24) is 5.32 Å². The maximum Gasteiger partial charge on any atom is 0.340 e. The predicted octanol–water partition coefficient (Wildman–Crippen LogP) is 6.62. The lowest BCUT2D eigenvalue weighted by molar-refractivity contribution is 0.0595. The number of nitrogens with one attached hydrogen (secondary N) is 1. The van der Waals surface area contributed by atoms with Gasteiger partial charge in [0, 0.05) is 18.0 Å². The van der Waals surface area contributed by atoms with E-state index in [0.29, 0.717) is 0 Å². The lowest BCUT2D eigenvalue weighted by Crippen LogP contribution is -2.27. The summed E-state index contributed by atoms with van der Waals surface area (Å²) in [5.41, 5.74) is 3.22. The number of hydrogen-bond donors (Lipinski definition) is 1. The molecule has 0 saturated carbocycles. The van der Waals surface area contributed by atoms with Gasteiger partial charge in [0.25, 0.3) is 0 Å². The zero-order valence-corrected chi connectivity index (χ0v) is 20.4. The van der Waals surface area contributed by atoms with Crippen LogP contribution in [0.2, 0.25) is 0 Å². The van der Waals surface area contributed by atoms with Gasteiger partial charge in [-0.2, -0.15) is 0 Å². The molecule has 4 nitrogen and oxygen atoms in total. The second-order valence-corrected chi connectivity index (χ2v) is 9.25. The SMILES string of the molecule is COC(=O)c1cc(C2CC(CCCNCc3cccc4ccccc34)Oc3ccccc32)ccc1F. The fraction of sp³-hybridized carbons (Fsp3) is 0.258. The van der Waals surface area contributed by atoms with Gasteiger partial charge in [-0.1, -0.05) is 66.7 Å². The molecule has 0 aliphatic carbocycles. The van der Waals surface area contributed by atoms with E-state index in [0.717, 1.165) is 49.2 Å². The maximum absolute atomic E-state index is 14.3. The van der Waals surface area contributed by atoms with Crippen molar-refractivity contribution in [3.05, 3.63) is 113 Å². The molecule has 0 spiro atoms. The Morgan fingerprint density at radius 1 is 1.03 bits per heavy atom. The van der Waals surface area contributed by atoms with E-state index in [1.54, 1.807) is 12.1 Å². The number of benzene rings is 4. The van der Waals surface area contributed by atoms with Crippen LogP contribution < -0.4 is 10.1 Å². The van der Waals surface area contributed by atoms with Crippen LogP contribution in [0.25, 0.3) is 10.8 Å². The first kappa shape index (κ1) is 24.0. The molecule has 0 aromatic heterocycles. The smallest absolute Gasteiger partial charge is 0.340 e. The Kier molecular flexibility index (Phi) is 7.28. The van der Waals surface area contributed by atoms with E-state index >= 15 is 0 Å². The van der Waals surface area contributed by atoms with Crippen molar-refractivity contribution in [2.24, 2.45) is 0 Å². The van der Waals surface area contributed by atoms with Crippen LogP contribution in [0.5, 0.6) is 5.75 Å². The van der Waals surface area contributed by atoms with E-state index < -0.39 is 11.8 Å². The van der Waals surface area contributed by atoms with Gasteiger partial charge in [0.1, 0.15) is 11.6 Å². The number of carbonyl (C=O) groups excluding carboxylic acids is 1. The number of para-hydroxylation sites is 1. The first-order valence-electron chi connectivity index (χ1n) is 12.4. The van der Waals surface area contributed by atoms with E-state index in [-0.39, 0.29) is 17.6 Å². The first-order chi connectivity index (χ1) is 17.6. The summed E-state index contributed by atoms with van der Waals surface area (Å²) in [6, 6.07) is 27.6. The third-order valence-corrected chi connectivity index (χ3v) is 6.96. The van der Waals surface area contributed by atoms with E-state index in [1.807, 2.05) is 24.3 Å². The van der Waals surface area contributed by atoms with E-state index in [4.69, 9.17) is 9.47 Å². The molecule has 0 bridgehead atoms. The predicted molar refractivity (Wildman–Crippen MR) is 140 cm³/mol. The van der Waals surface area contributed by atoms with E-state index in [9.17, 15) is 9.18 Å². The molecule has 1 N–H and O–H groups in total. The number of hydrogen-bond acceptors (Lipinski definition) is 4. The van der Waals surface area contributed by atoms with Gasteiger partial charge in [0.2, 0.25) is 0 Å². The van der Waals surface area contributed by atoms with Crippen LogP contribution in [0.3, 0.4) is 0 Å². The molecule has 2 atom stereocenters. The van der Waals surface area contributed by atoms with Crippen molar-refractivity contribution in [2.45, 2.75) is 37.8 Å². The van der Waals surface area contributed by atoms with Crippen molar-refractivity contribution in [3.8, 4) is 5.75 Å². The van der Waals surface area contributed by atoms with Gasteiger partial charge >= 0.3 is 5.97 Å². The maximum atomic E-state index is 14.3. The minimum atomic E-state index is -0.663. The summed E-state index contributed by atoms with van der Waals surface area (Å²) in [5, 5.41) is 6.12. The average Bonchev–Trinajstić information content (AvgIpc) is 2.92. The Bertz CT molecular complexity index is 1360. The molecule has 4 aromatic rings. The monoisotopic (exact) mass is 483 g/mol. The van der Waals surface area contributed by atoms with Crippen molar-refractivity contribution in [3.63, 3.8) is 0 Å². The third kappa shape index (κ3) is 5.12. The standard InChI is InChI=1S/C31H30FNO3/c1-35-31(34)28-18-22(15-16-29(28)32)27-19-24(36-30-14-5-4-13-26(27)30)11-7-17-33-20-23-10-6-9-21-8-2-3-12-25(21)23/h2-6,8-10,12-16,18,24,27,33H,7,11,17,19-20H2,1H3. The van der Waals surface area contributed by atoms with Gasteiger partial charge in [0.05, 0.1) is 18.8 Å². The topological polar surface area (TPSA) is 47.6 Å². The van der Waals surface area contributed by atoms with E-state index in [2.05, 4.69) is 47.8 Å². The summed E-state index contributed by atoms with van der Waals surface area (Å²) in [7, 11) is 1.27. The van der Waals surface area contributed by atoms with Crippen molar-refractivity contribution in [2.75, 3.05) is 13.7 Å². The van der Waals surface area contributed by atoms with Crippen LogP contribution in [-0.4, -0.2) is 25.7 Å². The zero-order chi connectivity index (χ0) is 24.9. The molecular weight excluding hydrogens is 453 g/mol. The molecule has 0 radical (unpaired) electrons. The molecule has 4 aromatic carbocycles. The number of rotatable bonds is 8. The zero-order valence-electron chi connectivity index (χ0n) is 20.4. The Morgan fingerprint density at radius 3 is 2.72 bits per heavy atom. The minimum Gasteiger partial charge on any atom is -0.490 e. The Morgan fingerprint density at radius 2 is 1.83 bits per heavy atom. The van der Waals surface area contributed by atoms with Crippen molar-refractivity contribution >= 4 is 16.7 Å². The largest absolute Gasteiger partial charge is 0.490 e. The molecule has 2 unspecified atom stereocenters. The highest BCUT2D eigenvalue weighted by Crippen LogP contribution is 2.41. The molecule has 0 fully saturated rings. The third-order valence-electron chi connectivity index (χ3n) is 6.96. The summed E-state index contributed by atoms with van der Waals surface area (Å²) < 4.78 is 25.4. The summed E-state index contributed by atoms with van der Waals surface area (Å²) in [5.74, 6) is -0.359. The van der Waals surface area contributed by atoms with E-state index in [1.165, 1.54) is 29.5 Å². The number of fused-ring (bicyclic) bond motifs is 2. The van der Waals surface area contributed by atoms with Crippen LogP contribution in [-0.2, 0) is 11.3 Å². The van der Waals surface area contributed by atoms with Crippen LogP contribution >= 0.6 is 0 Å². The molecule has 1 aliphatic rings. The van der Waals surface area contributed by atoms with Crippen molar-refractivity contribution in [1.29, 1.82) is 0 Å². The van der Waals surface area contributed by atoms with Gasteiger partial charge in [-0.15, -0.1) is 0 Å². The summed E-state index contributed by atoms with van der Waals surface area (Å²) in [6.07, 6.45) is 2.68. The normalized spacial score (nSPS) is 16.8. The number of methoxy groups -OCH3 is 1. The highest BCUT2D eigenvalue weighted by Gasteiger charge is 2.30. The van der Waals surface area contributed by atoms with Gasteiger partial charge in [-0.25, -0.2) is 9.18 Å². The number of esters is 1. The number of ether oxygens (including phenoxy) is 2. The molecule has 184 valence electrons. The number of halogens is 1. The van der Waals surface area contributed by atoms with Crippen molar-refractivity contribution < 1.29 is 18.7 Å². The second-order valence-electron chi connectivity index (χ2n) is 9.25. The fourth-order valence-corrected chi connectivity index (χ4v) is 5.14. The highest BCUT2D eigenvalue weighted by molar-refractivity contribution is 5.90. The molecule has 5 heteroatoms. The second kappa shape index (κ2) is 10.9. The van der Waals surface area contributed by atoms with Crippen LogP contribution in [0.15, 0.2) is 84.9 Å². The van der Waals surface area contributed by atoms with Gasteiger partial charge < -0.3 is 14.8 Å². The van der Waals surface area contributed by atoms with Crippen LogP contribution in [0.4, 0.5) is 4.39 Å². The van der Waals surface area contributed by atoms with Gasteiger partial charge in [-0.3, -0.25) is 0 Å². The van der Waals surface area contributed by atoms with Gasteiger partial charge in [-0.05, 0) is 65.9 Å². The molecule has 1 aliphatic heterocycles. The lowest BCUT2D eigenvalue weighted by atomic mass is 9.82. The Balaban J connectivity index is 1.24. The minimum absolute atomic E-state index is 0.0209. The molecule has 1 heterocycles. The molecule has 0 amide bonds. The van der Waals surface area contributed by atoms with Crippen LogP contribution in [0, 0.1) is 5.82 Å². The van der Waals surface area contributed by atoms with Crippen LogP contribution in [0.1, 0.15) is 52.2 Å².